The molecule has 0 saturated carbocycles. The van der Waals surface area contributed by atoms with Crippen molar-refractivity contribution in [2.75, 3.05) is 52.5 Å². The average molecular weight is 367 g/mol. The van der Waals surface area contributed by atoms with Crippen LogP contribution in [0.4, 0.5) is 0 Å². The van der Waals surface area contributed by atoms with Gasteiger partial charge in [0, 0.05) is 37.7 Å². The topological polar surface area (TPSA) is 58.1 Å². The van der Waals surface area contributed by atoms with Gasteiger partial charge in [-0.1, -0.05) is 6.07 Å². The van der Waals surface area contributed by atoms with Crippen LogP contribution in [0.5, 0.6) is 0 Å². The minimum absolute atomic E-state index is 0.316. The Balaban J connectivity index is 1.61. The summed E-state index contributed by atoms with van der Waals surface area (Å²) >= 11 is 1.81. The molecule has 2 atom stereocenters. The van der Waals surface area contributed by atoms with Gasteiger partial charge in [0.1, 0.15) is 0 Å². The van der Waals surface area contributed by atoms with Gasteiger partial charge in [0.05, 0.1) is 31.9 Å². The van der Waals surface area contributed by atoms with Crippen LogP contribution < -0.4 is 10.6 Å². The minimum atomic E-state index is 0.316. The molecule has 2 unspecified atom stereocenters. The smallest absolute Gasteiger partial charge is 0.191 e. The van der Waals surface area contributed by atoms with E-state index in [0.717, 1.165) is 71.3 Å². The molecule has 0 spiro atoms. The monoisotopic (exact) mass is 366 g/mol. The summed E-state index contributed by atoms with van der Waals surface area (Å²) in [6.45, 7) is 8.98. The van der Waals surface area contributed by atoms with E-state index in [1.165, 1.54) is 4.88 Å². The van der Waals surface area contributed by atoms with Crippen LogP contribution in [0.25, 0.3) is 0 Å². The molecular formula is C18H30N4O2S. The van der Waals surface area contributed by atoms with Crippen molar-refractivity contribution in [1.29, 1.82) is 0 Å². The molecule has 2 aliphatic heterocycles. The molecule has 7 heteroatoms. The number of nitrogens with zero attached hydrogens (tertiary/aromatic N) is 2. The predicted octanol–water partition coefficient (Wildman–Crippen LogP) is 1.86. The summed E-state index contributed by atoms with van der Waals surface area (Å²) in [6, 6.07) is 4.66. The van der Waals surface area contributed by atoms with Crippen molar-refractivity contribution in [2.45, 2.75) is 31.9 Å². The quantitative estimate of drug-likeness (QED) is 0.570. The van der Waals surface area contributed by atoms with Crippen molar-refractivity contribution in [3.05, 3.63) is 22.4 Å². The molecule has 0 bridgehead atoms. The summed E-state index contributed by atoms with van der Waals surface area (Å²) in [5.41, 5.74) is 0. The van der Waals surface area contributed by atoms with Gasteiger partial charge in [-0.05, 0) is 31.2 Å². The van der Waals surface area contributed by atoms with Gasteiger partial charge in [-0.2, -0.15) is 0 Å². The first-order valence-electron chi connectivity index (χ1n) is 9.36. The first-order chi connectivity index (χ1) is 12.4. The summed E-state index contributed by atoms with van der Waals surface area (Å²) in [5, 5.41) is 8.94. The Kier molecular flexibility index (Phi) is 7.54. The Morgan fingerprint density at radius 3 is 2.92 bits per heavy atom. The molecule has 6 nitrogen and oxygen atoms in total. The molecule has 25 heavy (non-hydrogen) atoms. The molecule has 0 aliphatic carbocycles. The highest BCUT2D eigenvalue weighted by atomic mass is 32.1. The molecular weight excluding hydrogens is 336 g/mol. The molecule has 0 amide bonds. The van der Waals surface area contributed by atoms with Crippen LogP contribution in [0.3, 0.4) is 0 Å². The Labute approximate surface area is 154 Å². The number of aliphatic imine (C=N–C) groups is 1. The summed E-state index contributed by atoms with van der Waals surface area (Å²) in [7, 11) is 0. The van der Waals surface area contributed by atoms with Crippen molar-refractivity contribution < 1.29 is 9.47 Å². The zero-order valence-electron chi connectivity index (χ0n) is 15.1. The maximum Gasteiger partial charge on any atom is 0.191 e. The van der Waals surface area contributed by atoms with Gasteiger partial charge < -0.3 is 20.1 Å². The number of hydrogen-bond acceptors (Lipinski definition) is 5. The second-order valence-corrected chi connectivity index (χ2v) is 7.39. The van der Waals surface area contributed by atoms with Gasteiger partial charge in [0.25, 0.3) is 0 Å². The molecule has 0 radical (unpaired) electrons. The number of nitrogens with one attached hydrogen (secondary N) is 2. The first-order valence-corrected chi connectivity index (χ1v) is 10.2. The second-order valence-electron chi connectivity index (χ2n) is 6.42. The van der Waals surface area contributed by atoms with Crippen molar-refractivity contribution >= 4 is 17.3 Å². The number of thiophene rings is 1. The van der Waals surface area contributed by atoms with Crippen molar-refractivity contribution in [1.82, 2.24) is 15.5 Å². The molecule has 1 aromatic rings. The Morgan fingerprint density at radius 1 is 1.36 bits per heavy atom. The number of hydrogen-bond donors (Lipinski definition) is 2. The third kappa shape index (κ3) is 5.67. The Bertz CT molecular complexity index is 511. The van der Waals surface area contributed by atoms with Crippen molar-refractivity contribution in [3.63, 3.8) is 0 Å². The van der Waals surface area contributed by atoms with Crippen molar-refractivity contribution in [3.8, 4) is 0 Å². The van der Waals surface area contributed by atoms with Crippen LogP contribution in [0.2, 0.25) is 0 Å². The number of guanidine groups is 1. The fraction of sp³-hybridized carbons (Fsp3) is 0.722. The van der Waals surface area contributed by atoms with Gasteiger partial charge in [-0.3, -0.25) is 9.89 Å². The van der Waals surface area contributed by atoms with Gasteiger partial charge in [0.15, 0.2) is 5.96 Å². The van der Waals surface area contributed by atoms with E-state index in [-0.39, 0.29) is 0 Å². The zero-order chi connectivity index (χ0) is 17.3. The molecule has 2 aliphatic rings. The van der Waals surface area contributed by atoms with Crippen LogP contribution in [0, 0.1) is 0 Å². The normalized spacial score (nSPS) is 23.6. The van der Waals surface area contributed by atoms with E-state index in [4.69, 9.17) is 14.5 Å². The standard InChI is InChI=1S/C18H30N4O2S/c1-2-19-18(20-13-15-5-3-9-24-15)21-14-16(17-6-4-12-25-17)22-7-10-23-11-8-22/h4,6,12,15-16H,2-3,5,7-11,13-14H2,1H3,(H2,19,20,21). The van der Waals surface area contributed by atoms with Crippen LogP contribution in [0.1, 0.15) is 30.7 Å². The van der Waals surface area contributed by atoms with Crippen LogP contribution in [-0.2, 0) is 9.47 Å². The molecule has 2 saturated heterocycles. The molecule has 0 aromatic carbocycles. The maximum atomic E-state index is 5.70. The zero-order valence-corrected chi connectivity index (χ0v) is 15.9. The summed E-state index contributed by atoms with van der Waals surface area (Å²) < 4.78 is 11.2. The lowest BCUT2D eigenvalue weighted by molar-refractivity contribution is 0.0186. The minimum Gasteiger partial charge on any atom is -0.379 e. The SMILES string of the molecule is CCNC(=NCC(c1cccs1)N1CCOCC1)NCC1CCCO1. The number of rotatable bonds is 7. The van der Waals surface area contributed by atoms with Crippen LogP contribution in [0.15, 0.2) is 22.5 Å². The lowest BCUT2D eigenvalue weighted by Gasteiger charge is -2.33. The lowest BCUT2D eigenvalue weighted by Crippen LogP contribution is -2.43. The highest BCUT2D eigenvalue weighted by Crippen LogP contribution is 2.26. The van der Waals surface area contributed by atoms with E-state index >= 15 is 0 Å². The third-order valence-corrected chi connectivity index (χ3v) is 5.62. The lowest BCUT2D eigenvalue weighted by atomic mass is 10.2. The fourth-order valence-corrected chi connectivity index (χ4v) is 4.14. The third-order valence-electron chi connectivity index (χ3n) is 4.65. The van der Waals surface area contributed by atoms with E-state index in [9.17, 15) is 0 Å². The highest BCUT2D eigenvalue weighted by Gasteiger charge is 2.23. The van der Waals surface area contributed by atoms with E-state index in [0.29, 0.717) is 12.1 Å². The van der Waals surface area contributed by atoms with Gasteiger partial charge in [0.2, 0.25) is 0 Å². The first kappa shape index (κ1) is 18.6. The molecule has 2 fully saturated rings. The molecule has 2 N–H and O–H groups in total. The summed E-state index contributed by atoms with van der Waals surface area (Å²) in [5.74, 6) is 0.882. The summed E-state index contributed by atoms with van der Waals surface area (Å²) in [4.78, 5) is 8.73. The Hall–Kier alpha value is -1.15. The molecule has 1 aromatic heterocycles. The van der Waals surface area contributed by atoms with E-state index < -0.39 is 0 Å². The van der Waals surface area contributed by atoms with Crippen molar-refractivity contribution in [2.24, 2.45) is 4.99 Å². The predicted molar refractivity (Wildman–Crippen MR) is 102 cm³/mol. The Morgan fingerprint density at radius 2 is 2.24 bits per heavy atom. The van der Waals surface area contributed by atoms with Crippen LogP contribution >= 0.6 is 11.3 Å². The van der Waals surface area contributed by atoms with Gasteiger partial charge in [-0.15, -0.1) is 11.3 Å². The largest absolute Gasteiger partial charge is 0.379 e. The van der Waals surface area contributed by atoms with E-state index in [1.54, 1.807) is 0 Å². The van der Waals surface area contributed by atoms with E-state index in [1.807, 2.05) is 11.3 Å². The summed E-state index contributed by atoms with van der Waals surface area (Å²) in [6.07, 6.45) is 2.62. The van der Waals surface area contributed by atoms with E-state index in [2.05, 4.69) is 40.0 Å². The maximum absolute atomic E-state index is 5.70. The van der Waals surface area contributed by atoms with Gasteiger partial charge in [-0.25, -0.2) is 0 Å². The molecule has 3 heterocycles. The second kappa shape index (κ2) is 10.1. The van der Waals surface area contributed by atoms with Crippen LogP contribution in [-0.4, -0.2) is 69.5 Å². The highest BCUT2D eigenvalue weighted by molar-refractivity contribution is 7.10. The number of ether oxygens (including phenoxy) is 2. The number of morpholine rings is 1. The molecule has 140 valence electrons. The molecule has 3 rings (SSSR count). The average Bonchev–Trinajstić information content (AvgIpc) is 3.35. The van der Waals surface area contributed by atoms with Gasteiger partial charge >= 0.3 is 0 Å². The fourth-order valence-electron chi connectivity index (χ4n) is 3.29.